The summed E-state index contributed by atoms with van der Waals surface area (Å²) in [5, 5.41) is 9.63. The molecular weight excluding hydrogens is 490 g/mol. The van der Waals surface area contributed by atoms with Crippen molar-refractivity contribution >= 4 is 34.7 Å². The molecule has 1 atom stereocenters. The number of hydrogen-bond acceptors (Lipinski definition) is 6. The fourth-order valence-corrected chi connectivity index (χ4v) is 4.49. The second-order valence-corrected chi connectivity index (χ2v) is 8.85. The molecule has 1 aliphatic heterocycles. The Morgan fingerprint density at radius 1 is 1.25 bits per heavy atom. The summed E-state index contributed by atoms with van der Waals surface area (Å²) >= 11 is 6.40. The number of fused-ring (bicyclic) bond motifs is 1. The smallest absolute Gasteiger partial charge is 0.252 e. The summed E-state index contributed by atoms with van der Waals surface area (Å²) in [6.07, 6.45) is 5.59. The first kappa shape index (κ1) is 24.0. The number of amides is 1. The number of nitrogens with zero attached hydrogens (tertiary/aromatic N) is 3. The van der Waals surface area contributed by atoms with Gasteiger partial charge in [-0.1, -0.05) is 11.6 Å². The molecule has 1 saturated heterocycles. The lowest BCUT2D eigenvalue weighted by Crippen LogP contribution is -2.30. The number of ether oxygens (including phenoxy) is 1. The minimum atomic E-state index is -1.07. The third-order valence-electron chi connectivity index (χ3n) is 6.16. The zero-order valence-corrected chi connectivity index (χ0v) is 20.1. The second-order valence-electron chi connectivity index (χ2n) is 8.44. The van der Waals surface area contributed by atoms with Crippen LogP contribution in [-0.2, 0) is 0 Å². The lowest BCUT2D eigenvalue weighted by atomic mass is 10.1. The van der Waals surface area contributed by atoms with Gasteiger partial charge >= 0.3 is 0 Å². The molecule has 1 fully saturated rings. The van der Waals surface area contributed by atoms with E-state index < -0.39 is 11.6 Å². The van der Waals surface area contributed by atoms with Gasteiger partial charge in [-0.25, -0.2) is 14.4 Å². The number of halogens is 3. The Labute approximate surface area is 210 Å². The van der Waals surface area contributed by atoms with Gasteiger partial charge in [0.15, 0.2) is 23.0 Å². The molecule has 1 aliphatic rings. The number of carbonyl (C=O) groups excluding carboxylic acids is 1. The Hall–Kier alpha value is -3.76. The highest BCUT2D eigenvalue weighted by Crippen LogP contribution is 2.32. The van der Waals surface area contributed by atoms with E-state index in [2.05, 4.69) is 25.9 Å². The molecular formula is C25H23ClF2N6O2. The highest BCUT2D eigenvalue weighted by Gasteiger charge is 2.20. The van der Waals surface area contributed by atoms with Gasteiger partial charge in [0, 0.05) is 30.2 Å². The van der Waals surface area contributed by atoms with Crippen LogP contribution in [0.25, 0.3) is 16.9 Å². The number of nitrogens with one attached hydrogen (secondary N) is 3. The van der Waals surface area contributed by atoms with E-state index in [1.807, 2.05) is 0 Å². The van der Waals surface area contributed by atoms with Crippen LogP contribution in [0.2, 0.25) is 5.02 Å². The number of carbonyl (C=O) groups is 1. The van der Waals surface area contributed by atoms with E-state index in [9.17, 15) is 13.6 Å². The van der Waals surface area contributed by atoms with Gasteiger partial charge in [-0.3, -0.25) is 9.20 Å². The largest absolute Gasteiger partial charge is 0.494 e. The average Bonchev–Trinajstić information content (AvgIpc) is 3.55. The van der Waals surface area contributed by atoms with Crippen LogP contribution in [0.5, 0.6) is 5.75 Å². The number of rotatable bonds is 7. The molecule has 3 heterocycles. The molecule has 36 heavy (non-hydrogen) atoms. The van der Waals surface area contributed by atoms with Crippen molar-refractivity contribution in [3.8, 4) is 17.0 Å². The van der Waals surface area contributed by atoms with Crippen molar-refractivity contribution in [1.29, 1.82) is 0 Å². The topological polar surface area (TPSA) is 92.6 Å². The number of aromatic nitrogens is 3. The number of methoxy groups -OCH3 is 1. The summed E-state index contributed by atoms with van der Waals surface area (Å²) in [5.41, 5.74) is 1.73. The number of benzene rings is 2. The summed E-state index contributed by atoms with van der Waals surface area (Å²) in [6, 6.07) is 7.77. The van der Waals surface area contributed by atoms with Crippen LogP contribution in [-0.4, -0.2) is 47.0 Å². The van der Waals surface area contributed by atoms with Gasteiger partial charge in [0.25, 0.3) is 5.91 Å². The zero-order chi connectivity index (χ0) is 25.2. The Balaban J connectivity index is 1.38. The van der Waals surface area contributed by atoms with Crippen molar-refractivity contribution in [2.75, 3.05) is 32.1 Å². The molecule has 0 aliphatic carbocycles. The van der Waals surface area contributed by atoms with Crippen LogP contribution < -0.4 is 20.7 Å². The van der Waals surface area contributed by atoms with Crippen molar-refractivity contribution in [3.63, 3.8) is 0 Å². The Bertz CT molecular complexity index is 1440. The van der Waals surface area contributed by atoms with Crippen LogP contribution in [0.1, 0.15) is 16.8 Å². The normalized spacial score (nSPS) is 15.3. The van der Waals surface area contributed by atoms with E-state index >= 15 is 0 Å². The molecule has 0 radical (unpaired) electrons. The predicted octanol–water partition coefficient (Wildman–Crippen LogP) is 4.42. The van der Waals surface area contributed by atoms with Crippen LogP contribution >= 0.6 is 11.6 Å². The zero-order valence-electron chi connectivity index (χ0n) is 19.3. The van der Waals surface area contributed by atoms with Gasteiger partial charge in [-0.15, -0.1) is 0 Å². The first-order valence-electron chi connectivity index (χ1n) is 11.4. The average molecular weight is 513 g/mol. The van der Waals surface area contributed by atoms with Crippen molar-refractivity contribution in [1.82, 2.24) is 25.0 Å². The highest BCUT2D eigenvalue weighted by molar-refractivity contribution is 6.34. The maximum absolute atomic E-state index is 14.7. The Morgan fingerprint density at radius 3 is 2.86 bits per heavy atom. The first-order chi connectivity index (χ1) is 17.5. The second kappa shape index (κ2) is 10.1. The monoisotopic (exact) mass is 512 g/mol. The molecule has 0 bridgehead atoms. The number of anilines is 2. The minimum Gasteiger partial charge on any atom is -0.494 e. The van der Waals surface area contributed by atoms with Crippen molar-refractivity contribution in [2.24, 2.45) is 5.92 Å². The standard InChI is InChI=1S/C25H23ClF2N6O2/c1-36-20-5-4-17(21(27)22(20)28)19-13-31-24-23(30-8-9-34(19)24)33-15-2-3-16(18(26)10-15)25(35)32-12-14-6-7-29-11-14/h2-5,8-10,13-14,29H,6-7,11-12H2,1H3,(H,30,33)(H,32,35). The van der Waals surface area contributed by atoms with Gasteiger partial charge < -0.3 is 20.7 Å². The molecule has 4 aromatic rings. The maximum Gasteiger partial charge on any atom is 0.252 e. The van der Waals surface area contributed by atoms with Gasteiger partial charge in [-0.05, 0) is 55.8 Å². The molecule has 11 heteroatoms. The van der Waals surface area contributed by atoms with Crippen molar-refractivity contribution < 1.29 is 18.3 Å². The van der Waals surface area contributed by atoms with Crippen molar-refractivity contribution in [2.45, 2.75) is 6.42 Å². The number of imidazole rings is 1. The lowest BCUT2D eigenvalue weighted by Gasteiger charge is -2.12. The highest BCUT2D eigenvalue weighted by atomic mass is 35.5. The number of hydrogen-bond donors (Lipinski definition) is 3. The predicted molar refractivity (Wildman–Crippen MR) is 133 cm³/mol. The van der Waals surface area contributed by atoms with Gasteiger partial charge in [0.05, 0.1) is 29.6 Å². The summed E-state index contributed by atoms with van der Waals surface area (Å²) in [4.78, 5) is 21.2. The van der Waals surface area contributed by atoms with E-state index in [0.29, 0.717) is 40.9 Å². The van der Waals surface area contributed by atoms with Crippen LogP contribution in [0.4, 0.5) is 20.3 Å². The molecule has 0 spiro atoms. The van der Waals surface area contributed by atoms with E-state index in [1.54, 1.807) is 28.8 Å². The quantitative estimate of drug-likeness (QED) is 0.339. The van der Waals surface area contributed by atoms with Crippen LogP contribution in [0.15, 0.2) is 48.9 Å². The van der Waals surface area contributed by atoms with Crippen molar-refractivity contribution in [3.05, 3.63) is 71.1 Å². The van der Waals surface area contributed by atoms with Crippen LogP contribution in [0, 0.1) is 17.6 Å². The molecule has 2 aromatic heterocycles. The molecule has 1 amide bonds. The molecule has 1 unspecified atom stereocenters. The molecule has 2 aromatic carbocycles. The van der Waals surface area contributed by atoms with E-state index in [4.69, 9.17) is 16.3 Å². The first-order valence-corrected chi connectivity index (χ1v) is 11.7. The molecule has 8 nitrogen and oxygen atoms in total. The third kappa shape index (κ3) is 4.57. The van der Waals surface area contributed by atoms with Gasteiger partial charge in [0.1, 0.15) is 0 Å². The summed E-state index contributed by atoms with van der Waals surface area (Å²) in [7, 11) is 1.27. The molecule has 5 rings (SSSR count). The third-order valence-corrected chi connectivity index (χ3v) is 6.47. The van der Waals surface area contributed by atoms with E-state index in [-0.39, 0.29) is 22.2 Å². The maximum atomic E-state index is 14.7. The fraction of sp³-hybridized carbons (Fsp3) is 0.240. The fourth-order valence-electron chi connectivity index (χ4n) is 4.23. The summed E-state index contributed by atoms with van der Waals surface area (Å²) < 4.78 is 35.4. The SMILES string of the molecule is COc1ccc(-c2cnc3c(Nc4ccc(C(=O)NCC5CCNC5)c(Cl)c4)nccn23)c(F)c1F. The summed E-state index contributed by atoms with van der Waals surface area (Å²) in [5.74, 6) is -1.73. The van der Waals surface area contributed by atoms with Crippen LogP contribution in [0.3, 0.4) is 0 Å². The molecule has 0 saturated carbocycles. The van der Waals surface area contributed by atoms with E-state index in [1.165, 1.54) is 31.6 Å². The molecule has 186 valence electrons. The molecule has 3 N–H and O–H groups in total. The summed E-state index contributed by atoms with van der Waals surface area (Å²) in [6.45, 7) is 2.45. The van der Waals surface area contributed by atoms with Gasteiger partial charge in [-0.2, -0.15) is 4.39 Å². The van der Waals surface area contributed by atoms with E-state index in [0.717, 1.165) is 19.5 Å². The van der Waals surface area contributed by atoms with Gasteiger partial charge in [0.2, 0.25) is 5.82 Å². The minimum absolute atomic E-state index is 0.0322. The Kier molecular flexibility index (Phi) is 6.71. The lowest BCUT2D eigenvalue weighted by molar-refractivity contribution is 0.0948. The Morgan fingerprint density at radius 2 is 2.11 bits per heavy atom.